The summed E-state index contributed by atoms with van der Waals surface area (Å²) in [5, 5.41) is 5.72. The van der Waals surface area contributed by atoms with Crippen LogP contribution in [-0.2, 0) is 0 Å². The van der Waals surface area contributed by atoms with E-state index in [9.17, 15) is 4.79 Å². The predicted octanol–water partition coefficient (Wildman–Crippen LogP) is 5.46. The monoisotopic (exact) mass is 461 g/mol. The van der Waals surface area contributed by atoms with Crippen molar-refractivity contribution in [2.75, 3.05) is 29.6 Å². The number of aromatic nitrogens is 4. The molecule has 0 bridgehead atoms. The third-order valence-electron chi connectivity index (χ3n) is 5.38. The highest BCUT2D eigenvalue weighted by Crippen LogP contribution is 2.29. The SMILES string of the molecule is CN(C)c1ccc(NC(=O)Nc2ccc3nc(-c4ccccn4)c(-c4ccccn4)nc3c2)cc1. The van der Waals surface area contributed by atoms with Crippen LogP contribution in [0.3, 0.4) is 0 Å². The first-order valence-electron chi connectivity index (χ1n) is 11.1. The second-order valence-electron chi connectivity index (χ2n) is 8.07. The number of nitrogens with one attached hydrogen (secondary N) is 2. The maximum atomic E-state index is 12.6. The number of hydrogen-bond donors (Lipinski definition) is 2. The van der Waals surface area contributed by atoms with E-state index in [1.54, 1.807) is 24.5 Å². The molecule has 0 saturated heterocycles. The summed E-state index contributed by atoms with van der Waals surface area (Å²) in [5.74, 6) is 0. The number of nitrogens with zero attached hydrogens (tertiary/aromatic N) is 5. The molecule has 0 radical (unpaired) electrons. The fourth-order valence-corrected chi connectivity index (χ4v) is 3.63. The Morgan fingerprint density at radius 2 is 1.26 bits per heavy atom. The number of urea groups is 1. The Bertz CT molecular complexity index is 1470. The lowest BCUT2D eigenvalue weighted by molar-refractivity contribution is 0.262. The average Bonchev–Trinajstić information content (AvgIpc) is 2.89. The van der Waals surface area contributed by atoms with Crippen LogP contribution in [0.5, 0.6) is 0 Å². The molecule has 8 heteroatoms. The zero-order valence-corrected chi connectivity index (χ0v) is 19.3. The summed E-state index contributed by atoms with van der Waals surface area (Å²) in [6.07, 6.45) is 3.44. The molecular formula is C27H23N7O. The van der Waals surface area contributed by atoms with Crippen molar-refractivity contribution in [2.45, 2.75) is 0 Å². The molecule has 5 aromatic rings. The van der Waals surface area contributed by atoms with Crippen molar-refractivity contribution in [1.82, 2.24) is 19.9 Å². The zero-order valence-electron chi connectivity index (χ0n) is 19.3. The van der Waals surface area contributed by atoms with Crippen molar-refractivity contribution in [3.8, 4) is 22.8 Å². The van der Waals surface area contributed by atoms with E-state index in [0.29, 0.717) is 45.2 Å². The van der Waals surface area contributed by atoms with Gasteiger partial charge in [0, 0.05) is 43.6 Å². The van der Waals surface area contributed by atoms with Gasteiger partial charge >= 0.3 is 6.03 Å². The summed E-state index contributed by atoms with van der Waals surface area (Å²) in [7, 11) is 3.94. The van der Waals surface area contributed by atoms with Gasteiger partial charge in [0.15, 0.2) is 0 Å². The molecule has 0 aliphatic rings. The van der Waals surface area contributed by atoms with Gasteiger partial charge in [-0.1, -0.05) is 12.1 Å². The minimum Gasteiger partial charge on any atom is -0.378 e. The number of carbonyl (C=O) groups excluding carboxylic acids is 1. The lowest BCUT2D eigenvalue weighted by atomic mass is 10.1. The largest absolute Gasteiger partial charge is 0.378 e. The van der Waals surface area contributed by atoms with E-state index < -0.39 is 0 Å². The van der Waals surface area contributed by atoms with Crippen LogP contribution in [0.2, 0.25) is 0 Å². The molecule has 0 atom stereocenters. The minimum absolute atomic E-state index is 0.343. The second kappa shape index (κ2) is 9.56. The highest BCUT2D eigenvalue weighted by molar-refractivity contribution is 6.01. The van der Waals surface area contributed by atoms with Crippen LogP contribution in [0.4, 0.5) is 21.9 Å². The van der Waals surface area contributed by atoms with Gasteiger partial charge in [-0.05, 0) is 66.7 Å². The van der Waals surface area contributed by atoms with Crippen LogP contribution >= 0.6 is 0 Å². The van der Waals surface area contributed by atoms with Gasteiger partial charge in [0.1, 0.15) is 11.4 Å². The van der Waals surface area contributed by atoms with Gasteiger partial charge in [0.05, 0.1) is 22.4 Å². The van der Waals surface area contributed by atoms with Gasteiger partial charge in [-0.3, -0.25) is 9.97 Å². The maximum absolute atomic E-state index is 12.6. The Morgan fingerprint density at radius 3 is 1.83 bits per heavy atom. The third-order valence-corrected chi connectivity index (χ3v) is 5.38. The van der Waals surface area contributed by atoms with E-state index in [4.69, 9.17) is 9.97 Å². The number of amides is 2. The molecule has 0 fully saturated rings. The fourth-order valence-electron chi connectivity index (χ4n) is 3.63. The topological polar surface area (TPSA) is 95.9 Å². The normalized spacial score (nSPS) is 10.7. The fraction of sp³-hybridized carbons (Fsp3) is 0.0741. The van der Waals surface area contributed by atoms with E-state index in [2.05, 4.69) is 20.6 Å². The highest BCUT2D eigenvalue weighted by Gasteiger charge is 2.15. The summed E-state index contributed by atoms with van der Waals surface area (Å²) >= 11 is 0. The summed E-state index contributed by atoms with van der Waals surface area (Å²) in [4.78, 5) is 33.2. The van der Waals surface area contributed by atoms with Crippen molar-refractivity contribution >= 4 is 34.1 Å². The average molecular weight is 462 g/mol. The molecule has 172 valence electrons. The third kappa shape index (κ3) is 4.91. The van der Waals surface area contributed by atoms with E-state index >= 15 is 0 Å². The van der Waals surface area contributed by atoms with Gasteiger partial charge in [-0.2, -0.15) is 0 Å². The summed E-state index contributed by atoms with van der Waals surface area (Å²) in [6, 6.07) is 24.0. The number of rotatable bonds is 5. The van der Waals surface area contributed by atoms with Gasteiger partial charge in [-0.15, -0.1) is 0 Å². The lowest BCUT2D eigenvalue weighted by Gasteiger charge is -2.13. The number of pyridine rings is 2. The molecular weight excluding hydrogens is 438 g/mol. The van der Waals surface area contributed by atoms with E-state index in [0.717, 1.165) is 5.69 Å². The molecule has 0 unspecified atom stereocenters. The van der Waals surface area contributed by atoms with Crippen molar-refractivity contribution in [3.63, 3.8) is 0 Å². The zero-order chi connectivity index (χ0) is 24.2. The van der Waals surface area contributed by atoms with E-state index in [1.807, 2.05) is 85.7 Å². The molecule has 3 aromatic heterocycles. The Balaban J connectivity index is 1.45. The molecule has 5 rings (SSSR count). The smallest absolute Gasteiger partial charge is 0.323 e. The van der Waals surface area contributed by atoms with Gasteiger partial charge in [0.2, 0.25) is 0 Å². The summed E-state index contributed by atoms with van der Waals surface area (Å²) in [6.45, 7) is 0. The molecule has 2 N–H and O–H groups in total. The van der Waals surface area contributed by atoms with Crippen LogP contribution in [0.25, 0.3) is 33.8 Å². The van der Waals surface area contributed by atoms with Crippen LogP contribution in [0, 0.1) is 0 Å². The molecule has 0 spiro atoms. The Kier molecular flexibility index (Phi) is 6.00. The quantitative estimate of drug-likeness (QED) is 0.361. The van der Waals surface area contributed by atoms with E-state index in [-0.39, 0.29) is 6.03 Å². The molecule has 0 aliphatic carbocycles. The number of carbonyl (C=O) groups is 1. The first-order chi connectivity index (χ1) is 17.1. The maximum Gasteiger partial charge on any atom is 0.323 e. The summed E-state index contributed by atoms with van der Waals surface area (Å²) in [5.41, 5.74) is 6.37. The second-order valence-corrected chi connectivity index (χ2v) is 8.07. The molecule has 2 amide bonds. The predicted molar refractivity (Wildman–Crippen MR) is 139 cm³/mol. The van der Waals surface area contributed by atoms with Crippen molar-refractivity contribution < 1.29 is 4.79 Å². The molecule has 3 heterocycles. The minimum atomic E-state index is -0.343. The standard InChI is InChI=1S/C27H23N7O/c1-34(2)20-12-9-18(10-13-20)30-27(35)31-19-11-14-21-24(17-19)33-26(23-8-4-6-16-29-23)25(32-21)22-7-3-5-15-28-22/h3-17H,1-2H3,(H2,30,31,35). The number of hydrogen-bond acceptors (Lipinski definition) is 6. The number of fused-ring (bicyclic) bond motifs is 1. The number of anilines is 3. The first kappa shape index (κ1) is 22.0. The van der Waals surface area contributed by atoms with Crippen LogP contribution in [0.15, 0.2) is 91.3 Å². The molecule has 2 aromatic carbocycles. The van der Waals surface area contributed by atoms with Gasteiger partial charge < -0.3 is 15.5 Å². The van der Waals surface area contributed by atoms with Crippen molar-refractivity contribution in [3.05, 3.63) is 91.3 Å². The summed E-state index contributed by atoms with van der Waals surface area (Å²) < 4.78 is 0. The lowest BCUT2D eigenvalue weighted by Crippen LogP contribution is -2.19. The number of benzene rings is 2. The molecule has 0 saturated carbocycles. The molecule has 8 nitrogen and oxygen atoms in total. The highest BCUT2D eigenvalue weighted by atomic mass is 16.2. The molecule has 35 heavy (non-hydrogen) atoms. The Morgan fingerprint density at radius 1 is 0.686 bits per heavy atom. The van der Waals surface area contributed by atoms with Crippen LogP contribution in [0.1, 0.15) is 0 Å². The Hall–Kier alpha value is -4.85. The Labute approximate surface area is 202 Å². The van der Waals surface area contributed by atoms with Crippen molar-refractivity contribution in [1.29, 1.82) is 0 Å². The van der Waals surface area contributed by atoms with Gasteiger partial charge in [0.25, 0.3) is 0 Å². The van der Waals surface area contributed by atoms with E-state index in [1.165, 1.54) is 0 Å². The first-order valence-corrected chi connectivity index (χ1v) is 11.1. The molecule has 0 aliphatic heterocycles. The van der Waals surface area contributed by atoms with Crippen molar-refractivity contribution in [2.24, 2.45) is 0 Å². The van der Waals surface area contributed by atoms with Gasteiger partial charge in [-0.25, -0.2) is 14.8 Å². The van der Waals surface area contributed by atoms with Crippen LogP contribution in [-0.4, -0.2) is 40.1 Å². The van der Waals surface area contributed by atoms with Crippen LogP contribution < -0.4 is 15.5 Å².